The quantitative estimate of drug-likeness (QED) is 0.675. The molecule has 1 amide bonds. The van der Waals surface area contributed by atoms with Gasteiger partial charge in [0.15, 0.2) is 0 Å². The van der Waals surface area contributed by atoms with Gasteiger partial charge in [0.25, 0.3) is 0 Å². The summed E-state index contributed by atoms with van der Waals surface area (Å²) in [7, 11) is 1.73. The Morgan fingerprint density at radius 3 is 2.25 bits per heavy atom. The first-order valence-corrected chi connectivity index (χ1v) is 5.59. The molecule has 0 saturated heterocycles. The Labute approximate surface area is 96.8 Å². The van der Waals surface area contributed by atoms with E-state index < -0.39 is 5.97 Å². The maximum absolute atomic E-state index is 11.9. The molecule has 1 atom stereocenters. The monoisotopic (exact) mass is 230 g/mol. The van der Waals surface area contributed by atoms with Crippen LogP contribution < -0.4 is 5.32 Å². The second-order valence-electron chi connectivity index (χ2n) is 4.13. The minimum absolute atomic E-state index is 0.0166. The second kappa shape index (κ2) is 7.22. The molecule has 0 spiro atoms. The molecule has 0 aliphatic carbocycles. The van der Waals surface area contributed by atoms with Crippen LogP contribution in [0.3, 0.4) is 0 Å². The highest BCUT2D eigenvalue weighted by molar-refractivity contribution is 5.81. The van der Waals surface area contributed by atoms with E-state index in [1.807, 2.05) is 13.8 Å². The zero-order chi connectivity index (χ0) is 12.7. The van der Waals surface area contributed by atoms with Crippen LogP contribution in [0.15, 0.2) is 0 Å². The van der Waals surface area contributed by atoms with Crippen molar-refractivity contribution in [2.45, 2.75) is 45.7 Å². The van der Waals surface area contributed by atoms with Gasteiger partial charge in [-0.25, -0.2) is 0 Å². The van der Waals surface area contributed by atoms with Crippen molar-refractivity contribution in [3.8, 4) is 0 Å². The predicted octanol–water partition coefficient (Wildman–Crippen LogP) is 0.696. The molecular formula is C11H22N2O3. The summed E-state index contributed by atoms with van der Waals surface area (Å²) in [6.07, 6.45) is 0.597. The van der Waals surface area contributed by atoms with E-state index in [0.29, 0.717) is 13.0 Å². The summed E-state index contributed by atoms with van der Waals surface area (Å²) in [6, 6.07) is -0.135. The number of carboxylic acids is 1. The molecule has 0 rings (SSSR count). The van der Waals surface area contributed by atoms with Crippen LogP contribution in [-0.2, 0) is 9.59 Å². The first-order chi connectivity index (χ1) is 7.40. The Kier molecular flexibility index (Phi) is 6.72. The molecule has 16 heavy (non-hydrogen) atoms. The van der Waals surface area contributed by atoms with Gasteiger partial charge in [0.05, 0.1) is 6.04 Å². The minimum atomic E-state index is -0.821. The lowest BCUT2D eigenvalue weighted by Crippen LogP contribution is -2.47. The SMILES string of the molecule is CNC(C)C(=O)N(CCCC(=O)O)C(C)C. The van der Waals surface area contributed by atoms with Crippen molar-refractivity contribution in [2.24, 2.45) is 0 Å². The van der Waals surface area contributed by atoms with Crippen molar-refractivity contribution in [2.75, 3.05) is 13.6 Å². The standard InChI is InChI=1S/C11H22N2O3/c1-8(2)13(7-5-6-10(14)15)11(16)9(3)12-4/h8-9,12H,5-7H2,1-4H3,(H,14,15). The Balaban J connectivity index is 4.27. The van der Waals surface area contributed by atoms with Crippen molar-refractivity contribution in [1.82, 2.24) is 10.2 Å². The molecule has 0 aliphatic rings. The summed E-state index contributed by atoms with van der Waals surface area (Å²) in [5.41, 5.74) is 0. The van der Waals surface area contributed by atoms with Gasteiger partial charge >= 0.3 is 5.97 Å². The fourth-order valence-electron chi connectivity index (χ4n) is 1.40. The van der Waals surface area contributed by atoms with E-state index in [0.717, 1.165) is 0 Å². The third kappa shape index (κ3) is 5.11. The molecule has 0 aromatic carbocycles. The van der Waals surface area contributed by atoms with Gasteiger partial charge in [0, 0.05) is 19.0 Å². The van der Waals surface area contributed by atoms with Crippen LogP contribution in [0, 0.1) is 0 Å². The van der Waals surface area contributed by atoms with E-state index in [2.05, 4.69) is 5.32 Å². The third-order valence-corrected chi connectivity index (χ3v) is 2.50. The number of nitrogens with one attached hydrogen (secondary N) is 1. The van der Waals surface area contributed by atoms with Crippen LogP contribution in [-0.4, -0.2) is 47.6 Å². The van der Waals surface area contributed by atoms with E-state index in [1.54, 1.807) is 18.9 Å². The Morgan fingerprint density at radius 1 is 1.31 bits per heavy atom. The number of amides is 1. The average Bonchev–Trinajstić information content (AvgIpc) is 2.21. The topological polar surface area (TPSA) is 69.6 Å². The minimum Gasteiger partial charge on any atom is -0.481 e. The van der Waals surface area contributed by atoms with Crippen LogP contribution >= 0.6 is 0 Å². The smallest absolute Gasteiger partial charge is 0.303 e. The van der Waals surface area contributed by atoms with Gasteiger partial charge < -0.3 is 15.3 Å². The molecular weight excluding hydrogens is 208 g/mol. The normalized spacial score (nSPS) is 12.6. The van der Waals surface area contributed by atoms with E-state index in [1.165, 1.54) is 0 Å². The highest BCUT2D eigenvalue weighted by Crippen LogP contribution is 2.05. The zero-order valence-corrected chi connectivity index (χ0v) is 10.5. The van der Waals surface area contributed by atoms with Gasteiger partial charge in [-0.05, 0) is 34.2 Å². The van der Waals surface area contributed by atoms with E-state index in [4.69, 9.17) is 5.11 Å². The van der Waals surface area contributed by atoms with Crippen LogP contribution in [0.5, 0.6) is 0 Å². The molecule has 5 nitrogen and oxygen atoms in total. The van der Waals surface area contributed by atoms with E-state index in [9.17, 15) is 9.59 Å². The van der Waals surface area contributed by atoms with Gasteiger partial charge in [-0.15, -0.1) is 0 Å². The van der Waals surface area contributed by atoms with Crippen LogP contribution in [0.2, 0.25) is 0 Å². The van der Waals surface area contributed by atoms with Crippen molar-refractivity contribution in [1.29, 1.82) is 0 Å². The lowest BCUT2D eigenvalue weighted by atomic mass is 10.2. The van der Waals surface area contributed by atoms with Crippen molar-refractivity contribution < 1.29 is 14.7 Å². The number of rotatable bonds is 7. The molecule has 0 radical (unpaired) electrons. The number of carboxylic acid groups (broad SMARTS) is 1. The average molecular weight is 230 g/mol. The number of nitrogens with zero attached hydrogens (tertiary/aromatic N) is 1. The van der Waals surface area contributed by atoms with Crippen molar-refractivity contribution in [3.63, 3.8) is 0 Å². The molecule has 2 N–H and O–H groups in total. The summed E-state index contributed by atoms with van der Waals surface area (Å²) in [4.78, 5) is 24.0. The third-order valence-electron chi connectivity index (χ3n) is 2.50. The van der Waals surface area contributed by atoms with Gasteiger partial charge in [0.2, 0.25) is 5.91 Å². The van der Waals surface area contributed by atoms with Crippen LogP contribution in [0.1, 0.15) is 33.6 Å². The molecule has 0 aliphatic heterocycles. The molecule has 0 heterocycles. The highest BCUT2D eigenvalue weighted by Gasteiger charge is 2.21. The summed E-state index contributed by atoms with van der Waals surface area (Å²) < 4.78 is 0. The summed E-state index contributed by atoms with van der Waals surface area (Å²) in [5, 5.41) is 11.4. The molecule has 0 aromatic heterocycles. The summed E-state index contributed by atoms with van der Waals surface area (Å²) >= 11 is 0. The number of carbonyl (C=O) groups excluding carboxylic acids is 1. The number of likely N-dealkylation sites (N-methyl/N-ethyl adjacent to an activating group) is 1. The van der Waals surface area contributed by atoms with E-state index >= 15 is 0 Å². The molecule has 0 fully saturated rings. The van der Waals surface area contributed by atoms with Crippen molar-refractivity contribution in [3.05, 3.63) is 0 Å². The molecule has 5 heteroatoms. The lowest BCUT2D eigenvalue weighted by molar-refractivity contribution is -0.139. The first-order valence-electron chi connectivity index (χ1n) is 5.59. The number of aliphatic carboxylic acids is 1. The van der Waals surface area contributed by atoms with Crippen molar-refractivity contribution >= 4 is 11.9 Å². The number of hydrogen-bond acceptors (Lipinski definition) is 3. The molecule has 0 saturated carbocycles. The highest BCUT2D eigenvalue weighted by atomic mass is 16.4. The molecule has 1 unspecified atom stereocenters. The number of hydrogen-bond donors (Lipinski definition) is 2. The fraction of sp³-hybridized carbons (Fsp3) is 0.818. The second-order valence-corrected chi connectivity index (χ2v) is 4.13. The lowest BCUT2D eigenvalue weighted by Gasteiger charge is -2.29. The molecule has 0 bridgehead atoms. The number of carbonyl (C=O) groups is 2. The Morgan fingerprint density at radius 2 is 1.88 bits per heavy atom. The fourth-order valence-corrected chi connectivity index (χ4v) is 1.40. The first kappa shape index (κ1) is 14.9. The van der Waals surface area contributed by atoms with Gasteiger partial charge in [-0.2, -0.15) is 0 Å². The van der Waals surface area contributed by atoms with E-state index in [-0.39, 0.29) is 24.4 Å². The predicted molar refractivity (Wildman–Crippen MR) is 62.2 cm³/mol. The summed E-state index contributed by atoms with van der Waals surface area (Å²) in [6.45, 7) is 6.16. The van der Waals surface area contributed by atoms with Gasteiger partial charge in [-0.3, -0.25) is 9.59 Å². The maximum atomic E-state index is 11.9. The van der Waals surface area contributed by atoms with Crippen LogP contribution in [0.4, 0.5) is 0 Å². The molecule has 94 valence electrons. The zero-order valence-electron chi connectivity index (χ0n) is 10.5. The largest absolute Gasteiger partial charge is 0.481 e. The van der Waals surface area contributed by atoms with Crippen LogP contribution in [0.25, 0.3) is 0 Å². The van der Waals surface area contributed by atoms with Gasteiger partial charge in [0.1, 0.15) is 0 Å². The van der Waals surface area contributed by atoms with Gasteiger partial charge in [-0.1, -0.05) is 0 Å². The Bertz CT molecular complexity index is 241. The Hall–Kier alpha value is -1.10. The summed E-state index contributed by atoms with van der Waals surface area (Å²) in [5.74, 6) is -0.805. The molecule has 0 aromatic rings. The maximum Gasteiger partial charge on any atom is 0.303 e.